The minimum Gasteiger partial charge on any atom is -0.444 e. The molecule has 1 saturated heterocycles. The molecular formula is C22H26Cl2N6O4. The van der Waals surface area contributed by atoms with Gasteiger partial charge in [-0.2, -0.15) is 5.10 Å². The summed E-state index contributed by atoms with van der Waals surface area (Å²) in [7, 11) is 0. The summed E-state index contributed by atoms with van der Waals surface area (Å²) in [6, 6.07) is 5.29. The van der Waals surface area contributed by atoms with Crippen LogP contribution in [0.5, 0.6) is 0 Å². The fourth-order valence-corrected chi connectivity index (χ4v) is 3.90. The summed E-state index contributed by atoms with van der Waals surface area (Å²) in [5, 5.41) is 8.33. The van der Waals surface area contributed by atoms with Crippen molar-refractivity contribution in [2.45, 2.75) is 45.6 Å². The number of benzene rings is 1. The third-order valence-corrected chi connectivity index (χ3v) is 5.85. The number of halogens is 2. The van der Waals surface area contributed by atoms with Crippen LogP contribution in [-0.2, 0) is 22.6 Å². The minimum atomic E-state index is -0.576. The van der Waals surface area contributed by atoms with Crippen LogP contribution < -0.4 is 10.9 Å². The van der Waals surface area contributed by atoms with Crippen LogP contribution in [0.2, 0.25) is 10.0 Å². The van der Waals surface area contributed by atoms with Gasteiger partial charge in [0, 0.05) is 13.1 Å². The van der Waals surface area contributed by atoms with Crippen LogP contribution in [0.15, 0.2) is 29.2 Å². The predicted octanol–water partition coefficient (Wildman–Crippen LogP) is 3.67. The Labute approximate surface area is 206 Å². The molecule has 0 spiro atoms. The molecule has 12 heteroatoms. The van der Waals surface area contributed by atoms with Crippen LogP contribution >= 0.6 is 23.2 Å². The number of carbonyl (C=O) groups is 1. The highest BCUT2D eigenvalue weighted by Crippen LogP contribution is 2.23. The molecule has 3 heterocycles. The number of morpholine rings is 1. The summed E-state index contributed by atoms with van der Waals surface area (Å²) in [6.07, 6.45) is 0.808. The van der Waals surface area contributed by atoms with Crippen molar-refractivity contribution in [3.63, 3.8) is 0 Å². The van der Waals surface area contributed by atoms with Gasteiger partial charge in [0.1, 0.15) is 11.1 Å². The van der Waals surface area contributed by atoms with Gasteiger partial charge in [0.05, 0.1) is 42.0 Å². The topological polar surface area (TPSA) is 114 Å². The summed E-state index contributed by atoms with van der Waals surface area (Å²) in [4.78, 5) is 34.0. The van der Waals surface area contributed by atoms with Crippen molar-refractivity contribution in [1.82, 2.24) is 24.6 Å². The molecule has 1 fully saturated rings. The highest BCUT2D eigenvalue weighted by atomic mass is 35.5. The van der Waals surface area contributed by atoms with Gasteiger partial charge in [-0.25, -0.2) is 9.78 Å². The van der Waals surface area contributed by atoms with E-state index in [1.807, 2.05) is 26.8 Å². The number of aromatic amines is 1. The van der Waals surface area contributed by atoms with E-state index in [0.717, 1.165) is 5.56 Å². The number of hydrogen-bond acceptors (Lipinski definition) is 7. The van der Waals surface area contributed by atoms with Crippen LogP contribution in [-0.4, -0.2) is 62.1 Å². The quantitative estimate of drug-likeness (QED) is 0.540. The van der Waals surface area contributed by atoms with E-state index in [9.17, 15) is 9.59 Å². The first-order chi connectivity index (χ1) is 16.1. The van der Waals surface area contributed by atoms with Crippen molar-refractivity contribution in [3.05, 3.63) is 50.4 Å². The number of carbonyl (C=O) groups excluding carboxylic acids is 1. The van der Waals surface area contributed by atoms with Gasteiger partial charge >= 0.3 is 6.09 Å². The number of fused-ring (bicyclic) bond motifs is 1. The molecule has 10 nitrogen and oxygen atoms in total. The second-order valence-corrected chi connectivity index (χ2v) is 9.81. The maximum Gasteiger partial charge on any atom is 0.410 e. The largest absolute Gasteiger partial charge is 0.444 e. The van der Waals surface area contributed by atoms with Crippen molar-refractivity contribution in [2.75, 3.05) is 25.0 Å². The minimum absolute atomic E-state index is 0.295. The van der Waals surface area contributed by atoms with Crippen LogP contribution in [0.3, 0.4) is 0 Å². The molecule has 0 aliphatic carbocycles. The van der Waals surface area contributed by atoms with Gasteiger partial charge in [0.2, 0.25) is 5.95 Å². The number of nitrogens with zero attached hydrogens (tertiary/aromatic N) is 4. The zero-order valence-electron chi connectivity index (χ0n) is 19.1. The van der Waals surface area contributed by atoms with E-state index in [1.54, 1.807) is 21.7 Å². The Morgan fingerprint density at radius 2 is 2.12 bits per heavy atom. The predicted molar refractivity (Wildman–Crippen MR) is 129 cm³/mol. The van der Waals surface area contributed by atoms with E-state index >= 15 is 0 Å². The molecule has 1 aliphatic rings. The van der Waals surface area contributed by atoms with E-state index in [-0.39, 0.29) is 17.8 Å². The Balaban J connectivity index is 1.44. The first kappa shape index (κ1) is 24.3. The molecule has 2 aromatic heterocycles. The van der Waals surface area contributed by atoms with Crippen molar-refractivity contribution < 1.29 is 14.3 Å². The number of rotatable bonds is 5. The van der Waals surface area contributed by atoms with E-state index in [4.69, 9.17) is 32.7 Å². The molecule has 1 unspecified atom stereocenters. The molecule has 4 rings (SSSR count). The molecule has 2 N–H and O–H groups in total. The number of hydrogen-bond donors (Lipinski definition) is 2. The Kier molecular flexibility index (Phi) is 7.01. The van der Waals surface area contributed by atoms with Crippen LogP contribution in [0, 0.1) is 0 Å². The molecule has 1 aliphatic heterocycles. The number of ether oxygens (including phenoxy) is 2. The molecule has 1 aromatic carbocycles. The summed E-state index contributed by atoms with van der Waals surface area (Å²) in [5.74, 6) is 0.313. The number of amides is 1. The lowest BCUT2D eigenvalue weighted by Crippen LogP contribution is -2.48. The third-order valence-electron chi connectivity index (χ3n) is 5.11. The smallest absolute Gasteiger partial charge is 0.410 e. The van der Waals surface area contributed by atoms with E-state index in [0.29, 0.717) is 59.8 Å². The normalized spacial score (nSPS) is 16.6. The van der Waals surface area contributed by atoms with E-state index in [2.05, 4.69) is 20.4 Å². The van der Waals surface area contributed by atoms with Crippen molar-refractivity contribution >= 4 is 46.3 Å². The number of aromatic nitrogens is 4. The molecule has 0 saturated carbocycles. The van der Waals surface area contributed by atoms with Crippen molar-refractivity contribution in [3.8, 4) is 0 Å². The van der Waals surface area contributed by atoms with Crippen LogP contribution in [0.4, 0.5) is 10.7 Å². The fraction of sp³-hybridized carbons (Fsp3) is 0.455. The third kappa shape index (κ3) is 5.81. The van der Waals surface area contributed by atoms with E-state index in [1.165, 1.54) is 6.20 Å². The second kappa shape index (κ2) is 9.81. The zero-order chi connectivity index (χ0) is 24.5. The average Bonchev–Trinajstić information content (AvgIpc) is 3.16. The maximum absolute atomic E-state index is 12.8. The average molecular weight is 509 g/mol. The molecule has 1 amide bonds. The Hall–Kier alpha value is -2.82. The number of anilines is 1. The lowest BCUT2D eigenvalue weighted by Gasteiger charge is -2.34. The molecule has 0 radical (unpaired) electrons. The first-order valence-corrected chi connectivity index (χ1v) is 11.6. The van der Waals surface area contributed by atoms with Gasteiger partial charge in [-0.1, -0.05) is 29.3 Å². The Morgan fingerprint density at radius 3 is 2.85 bits per heavy atom. The Morgan fingerprint density at radius 1 is 1.32 bits per heavy atom. The van der Waals surface area contributed by atoms with Crippen molar-refractivity contribution in [2.24, 2.45) is 0 Å². The molecular weight excluding hydrogens is 483 g/mol. The number of nitrogens with one attached hydrogen (secondary N) is 2. The second-order valence-electron chi connectivity index (χ2n) is 9.00. The molecule has 0 bridgehead atoms. The SMILES string of the molecule is CC(C)(C)OC(=O)N1CCOC(Cn2ncc3nc(NCc4ccc(Cl)c(Cl)c4)[nH]c(=O)c32)C1. The molecule has 182 valence electrons. The Bertz CT molecular complexity index is 1250. The molecule has 1 atom stereocenters. The summed E-state index contributed by atoms with van der Waals surface area (Å²) in [6.45, 7) is 7.33. The van der Waals surface area contributed by atoms with Gasteiger partial charge in [-0.15, -0.1) is 0 Å². The fourth-order valence-electron chi connectivity index (χ4n) is 3.58. The van der Waals surface area contributed by atoms with Gasteiger partial charge in [0.15, 0.2) is 5.52 Å². The lowest BCUT2D eigenvalue weighted by molar-refractivity contribution is -0.0479. The summed E-state index contributed by atoms with van der Waals surface area (Å²) >= 11 is 12.0. The van der Waals surface area contributed by atoms with Gasteiger partial charge in [-0.05, 0) is 38.5 Å². The van der Waals surface area contributed by atoms with Crippen molar-refractivity contribution in [1.29, 1.82) is 0 Å². The molecule has 34 heavy (non-hydrogen) atoms. The summed E-state index contributed by atoms with van der Waals surface area (Å²) < 4.78 is 12.8. The van der Waals surface area contributed by atoms with Gasteiger partial charge in [0.25, 0.3) is 5.56 Å². The standard InChI is InChI=1S/C22H26Cl2N6O4/c1-22(2,3)34-21(32)29-6-7-33-14(11-29)12-30-18-17(10-26-30)27-20(28-19(18)31)25-9-13-4-5-15(23)16(24)8-13/h4-5,8,10,14H,6-7,9,11-12H2,1-3H3,(H2,25,27,28,31). The monoisotopic (exact) mass is 508 g/mol. The van der Waals surface area contributed by atoms with Crippen LogP contribution in [0.25, 0.3) is 11.0 Å². The number of H-pyrrole nitrogens is 1. The zero-order valence-corrected chi connectivity index (χ0v) is 20.6. The highest BCUT2D eigenvalue weighted by molar-refractivity contribution is 6.42. The lowest BCUT2D eigenvalue weighted by atomic mass is 10.2. The molecule has 3 aromatic rings. The van der Waals surface area contributed by atoms with E-state index < -0.39 is 5.60 Å². The maximum atomic E-state index is 12.8. The van der Waals surface area contributed by atoms with Gasteiger partial charge < -0.3 is 19.7 Å². The van der Waals surface area contributed by atoms with Gasteiger partial charge in [-0.3, -0.25) is 14.5 Å². The highest BCUT2D eigenvalue weighted by Gasteiger charge is 2.29. The first-order valence-electron chi connectivity index (χ1n) is 10.8. The van der Waals surface area contributed by atoms with Crippen LogP contribution in [0.1, 0.15) is 26.3 Å². The summed E-state index contributed by atoms with van der Waals surface area (Å²) in [5.41, 5.74) is 0.752.